The Kier molecular flexibility index (Phi) is 2.48. The molecular weight excluding hydrogens is 176 g/mol. The van der Waals surface area contributed by atoms with Crippen LogP contribution in [0.25, 0.3) is 0 Å². The van der Waals surface area contributed by atoms with Crippen LogP contribution < -0.4 is 5.32 Å². The molecular formula is C11H20N2O. The van der Waals surface area contributed by atoms with Crippen LogP contribution in [0.3, 0.4) is 0 Å². The van der Waals surface area contributed by atoms with Crippen LogP contribution in [-0.2, 0) is 4.74 Å². The molecule has 0 saturated carbocycles. The summed E-state index contributed by atoms with van der Waals surface area (Å²) >= 11 is 0. The second-order valence-electron chi connectivity index (χ2n) is 5.03. The standard InChI is InChI=1S/C11H20N2O/c1-2-11(14-3-1)8-13-6-9-4-12-5-10(9)7-13/h9-12H,1-8H2. The van der Waals surface area contributed by atoms with Crippen molar-refractivity contribution in [3.05, 3.63) is 0 Å². The second-order valence-corrected chi connectivity index (χ2v) is 5.03. The monoisotopic (exact) mass is 196 g/mol. The molecule has 3 fully saturated rings. The molecule has 3 rings (SSSR count). The van der Waals surface area contributed by atoms with E-state index in [0.717, 1.165) is 18.4 Å². The minimum atomic E-state index is 0.543. The third kappa shape index (κ3) is 1.69. The van der Waals surface area contributed by atoms with E-state index in [0.29, 0.717) is 6.10 Å². The van der Waals surface area contributed by atoms with Crippen molar-refractivity contribution in [2.24, 2.45) is 11.8 Å². The number of nitrogens with zero attached hydrogens (tertiary/aromatic N) is 1. The Morgan fingerprint density at radius 2 is 2.00 bits per heavy atom. The first kappa shape index (κ1) is 9.13. The van der Waals surface area contributed by atoms with Gasteiger partial charge < -0.3 is 15.0 Å². The summed E-state index contributed by atoms with van der Waals surface area (Å²) in [4.78, 5) is 2.62. The lowest BCUT2D eigenvalue weighted by molar-refractivity contribution is 0.0785. The zero-order chi connectivity index (χ0) is 9.38. The van der Waals surface area contributed by atoms with Gasteiger partial charge in [0.1, 0.15) is 0 Å². The maximum Gasteiger partial charge on any atom is 0.0702 e. The van der Waals surface area contributed by atoms with Crippen molar-refractivity contribution in [2.45, 2.75) is 18.9 Å². The van der Waals surface area contributed by atoms with E-state index in [2.05, 4.69) is 10.2 Å². The summed E-state index contributed by atoms with van der Waals surface area (Å²) in [5.74, 6) is 1.85. The number of ether oxygens (including phenoxy) is 1. The van der Waals surface area contributed by atoms with Crippen molar-refractivity contribution in [1.29, 1.82) is 0 Å². The molecule has 3 aliphatic rings. The lowest BCUT2D eigenvalue weighted by atomic mass is 10.0. The van der Waals surface area contributed by atoms with Crippen LogP contribution in [0.2, 0.25) is 0 Å². The van der Waals surface area contributed by atoms with E-state index in [-0.39, 0.29) is 0 Å². The molecule has 3 saturated heterocycles. The van der Waals surface area contributed by atoms with Crippen LogP contribution in [-0.4, -0.2) is 50.3 Å². The second kappa shape index (κ2) is 3.80. The molecule has 1 N–H and O–H groups in total. The van der Waals surface area contributed by atoms with Gasteiger partial charge in [-0.25, -0.2) is 0 Å². The van der Waals surface area contributed by atoms with Crippen molar-refractivity contribution in [3.8, 4) is 0 Å². The van der Waals surface area contributed by atoms with Crippen molar-refractivity contribution >= 4 is 0 Å². The summed E-state index contributed by atoms with van der Waals surface area (Å²) in [6.07, 6.45) is 3.10. The number of rotatable bonds is 2. The lowest BCUT2D eigenvalue weighted by Gasteiger charge is -2.20. The Balaban J connectivity index is 1.50. The molecule has 0 bridgehead atoms. The molecule has 3 atom stereocenters. The highest BCUT2D eigenvalue weighted by Gasteiger charge is 2.36. The summed E-state index contributed by atoms with van der Waals surface area (Å²) in [5, 5.41) is 3.48. The number of hydrogen-bond acceptors (Lipinski definition) is 3. The Hall–Kier alpha value is -0.120. The van der Waals surface area contributed by atoms with Gasteiger partial charge in [0.15, 0.2) is 0 Å². The number of likely N-dealkylation sites (tertiary alicyclic amines) is 1. The van der Waals surface area contributed by atoms with Gasteiger partial charge in [-0.05, 0) is 37.8 Å². The molecule has 0 radical (unpaired) electrons. The molecule has 0 aliphatic carbocycles. The molecule has 3 aliphatic heterocycles. The number of hydrogen-bond donors (Lipinski definition) is 1. The van der Waals surface area contributed by atoms with Crippen molar-refractivity contribution in [3.63, 3.8) is 0 Å². The van der Waals surface area contributed by atoms with Crippen LogP contribution in [0.4, 0.5) is 0 Å². The van der Waals surface area contributed by atoms with E-state index < -0.39 is 0 Å². The molecule has 0 aromatic heterocycles. The molecule has 0 spiro atoms. The van der Waals surface area contributed by atoms with Crippen LogP contribution in [0, 0.1) is 11.8 Å². The molecule has 0 aromatic rings. The lowest BCUT2D eigenvalue weighted by Crippen LogP contribution is -2.32. The van der Waals surface area contributed by atoms with Gasteiger partial charge in [-0.15, -0.1) is 0 Å². The van der Waals surface area contributed by atoms with E-state index in [1.165, 1.54) is 45.6 Å². The van der Waals surface area contributed by atoms with E-state index in [9.17, 15) is 0 Å². The highest BCUT2D eigenvalue weighted by Crippen LogP contribution is 2.27. The van der Waals surface area contributed by atoms with Crippen LogP contribution in [0.1, 0.15) is 12.8 Å². The third-order valence-corrected chi connectivity index (χ3v) is 3.95. The van der Waals surface area contributed by atoms with Gasteiger partial charge in [0.05, 0.1) is 6.10 Å². The van der Waals surface area contributed by atoms with Gasteiger partial charge in [-0.3, -0.25) is 0 Å². The number of nitrogens with one attached hydrogen (secondary N) is 1. The van der Waals surface area contributed by atoms with E-state index in [1.54, 1.807) is 0 Å². The van der Waals surface area contributed by atoms with Gasteiger partial charge >= 0.3 is 0 Å². The smallest absolute Gasteiger partial charge is 0.0702 e. The average molecular weight is 196 g/mol. The summed E-state index contributed by atoms with van der Waals surface area (Å²) in [5.41, 5.74) is 0. The predicted octanol–water partition coefficient (Wildman–Crippen LogP) is 0.317. The topological polar surface area (TPSA) is 24.5 Å². The molecule has 3 nitrogen and oxygen atoms in total. The molecule has 14 heavy (non-hydrogen) atoms. The van der Waals surface area contributed by atoms with E-state index in [1.807, 2.05) is 0 Å². The van der Waals surface area contributed by atoms with Crippen molar-refractivity contribution < 1.29 is 4.74 Å². The highest BCUT2D eigenvalue weighted by atomic mass is 16.5. The first-order chi connectivity index (χ1) is 6.92. The van der Waals surface area contributed by atoms with Gasteiger partial charge in [-0.1, -0.05) is 0 Å². The quantitative estimate of drug-likeness (QED) is 0.688. The SMILES string of the molecule is C1COC(CN2CC3CNCC3C2)C1. The Morgan fingerprint density at radius 3 is 2.64 bits per heavy atom. The van der Waals surface area contributed by atoms with Crippen molar-refractivity contribution in [1.82, 2.24) is 10.2 Å². The Morgan fingerprint density at radius 1 is 1.21 bits per heavy atom. The zero-order valence-corrected chi connectivity index (χ0v) is 8.74. The molecule has 3 heteroatoms. The van der Waals surface area contributed by atoms with Gasteiger partial charge in [0, 0.05) is 26.2 Å². The van der Waals surface area contributed by atoms with Gasteiger partial charge in [0.2, 0.25) is 0 Å². The van der Waals surface area contributed by atoms with Crippen LogP contribution in [0.15, 0.2) is 0 Å². The minimum absolute atomic E-state index is 0.543. The summed E-state index contributed by atoms with van der Waals surface area (Å²) in [6, 6.07) is 0. The predicted molar refractivity (Wildman–Crippen MR) is 55.3 cm³/mol. The zero-order valence-electron chi connectivity index (χ0n) is 8.74. The van der Waals surface area contributed by atoms with E-state index in [4.69, 9.17) is 4.74 Å². The molecule has 0 amide bonds. The maximum atomic E-state index is 5.68. The van der Waals surface area contributed by atoms with Crippen LogP contribution >= 0.6 is 0 Å². The largest absolute Gasteiger partial charge is 0.377 e. The van der Waals surface area contributed by atoms with Crippen LogP contribution in [0.5, 0.6) is 0 Å². The van der Waals surface area contributed by atoms with Gasteiger partial charge in [-0.2, -0.15) is 0 Å². The number of fused-ring (bicyclic) bond motifs is 1. The minimum Gasteiger partial charge on any atom is -0.377 e. The molecule has 3 unspecified atom stereocenters. The molecule has 0 aromatic carbocycles. The van der Waals surface area contributed by atoms with E-state index >= 15 is 0 Å². The maximum absolute atomic E-state index is 5.68. The average Bonchev–Trinajstić information content (AvgIpc) is 2.78. The first-order valence-electron chi connectivity index (χ1n) is 5.96. The van der Waals surface area contributed by atoms with Gasteiger partial charge in [0.25, 0.3) is 0 Å². The molecule has 3 heterocycles. The first-order valence-corrected chi connectivity index (χ1v) is 5.96. The fourth-order valence-corrected chi connectivity index (χ4v) is 3.18. The fraction of sp³-hybridized carbons (Fsp3) is 1.00. The van der Waals surface area contributed by atoms with Crippen molar-refractivity contribution in [2.75, 3.05) is 39.3 Å². The Bertz CT molecular complexity index is 191. The third-order valence-electron chi connectivity index (χ3n) is 3.95. The highest BCUT2D eigenvalue weighted by molar-refractivity contribution is 4.91. The Labute approximate surface area is 85.8 Å². The summed E-state index contributed by atoms with van der Waals surface area (Å²) < 4.78 is 5.68. The normalized spacial score (nSPS) is 43.3. The summed E-state index contributed by atoms with van der Waals surface area (Å²) in [7, 11) is 0. The fourth-order valence-electron chi connectivity index (χ4n) is 3.18. The summed E-state index contributed by atoms with van der Waals surface area (Å²) in [6.45, 7) is 7.27. The molecule has 80 valence electrons.